The second kappa shape index (κ2) is 8.77. The van der Waals surface area contributed by atoms with Gasteiger partial charge in [-0.05, 0) is 48.1 Å². The molecule has 33 heavy (non-hydrogen) atoms. The highest BCUT2D eigenvalue weighted by Gasteiger charge is 2.43. The van der Waals surface area contributed by atoms with Crippen molar-refractivity contribution < 1.29 is 23.2 Å². The molecule has 0 saturated carbocycles. The number of amides is 3. The Bertz CT molecular complexity index is 1150. The van der Waals surface area contributed by atoms with Crippen LogP contribution in [0.3, 0.4) is 0 Å². The Labute approximate surface area is 190 Å². The SMILES string of the molecule is CC(=O)Nc1ccc(C2=C(N3CC(C)CC(C)C3)C(=O)N(c3ccc(F)c(F)c3)C2=O)cc1. The minimum atomic E-state index is -1.14. The second-order valence-electron chi connectivity index (χ2n) is 8.88. The summed E-state index contributed by atoms with van der Waals surface area (Å²) in [6.45, 7) is 6.81. The number of carbonyl (C=O) groups is 3. The van der Waals surface area contributed by atoms with Gasteiger partial charge in [-0.2, -0.15) is 0 Å². The summed E-state index contributed by atoms with van der Waals surface area (Å²) in [5, 5.41) is 2.67. The Morgan fingerprint density at radius 1 is 0.939 bits per heavy atom. The molecule has 0 aliphatic carbocycles. The fourth-order valence-electron chi connectivity index (χ4n) is 4.70. The van der Waals surface area contributed by atoms with Crippen LogP contribution in [0, 0.1) is 23.5 Å². The van der Waals surface area contributed by atoms with E-state index < -0.39 is 23.4 Å². The summed E-state index contributed by atoms with van der Waals surface area (Å²) >= 11 is 0. The monoisotopic (exact) mass is 453 g/mol. The van der Waals surface area contributed by atoms with Crippen LogP contribution in [0.15, 0.2) is 48.2 Å². The summed E-state index contributed by atoms with van der Waals surface area (Å²) < 4.78 is 27.4. The van der Waals surface area contributed by atoms with Crippen LogP contribution in [0.5, 0.6) is 0 Å². The second-order valence-corrected chi connectivity index (χ2v) is 8.88. The molecule has 2 aromatic carbocycles. The summed E-state index contributed by atoms with van der Waals surface area (Å²) in [5.41, 5.74) is 1.51. The molecule has 0 spiro atoms. The zero-order chi connectivity index (χ0) is 23.9. The summed E-state index contributed by atoms with van der Waals surface area (Å²) in [7, 11) is 0. The fourth-order valence-corrected chi connectivity index (χ4v) is 4.70. The predicted molar refractivity (Wildman–Crippen MR) is 121 cm³/mol. The molecule has 0 bridgehead atoms. The van der Waals surface area contributed by atoms with Crippen molar-refractivity contribution in [3.8, 4) is 0 Å². The van der Waals surface area contributed by atoms with Gasteiger partial charge in [0.25, 0.3) is 11.8 Å². The van der Waals surface area contributed by atoms with Gasteiger partial charge in [0.15, 0.2) is 11.6 Å². The van der Waals surface area contributed by atoms with E-state index >= 15 is 0 Å². The number of benzene rings is 2. The van der Waals surface area contributed by atoms with Crippen molar-refractivity contribution in [2.24, 2.45) is 11.8 Å². The van der Waals surface area contributed by atoms with Crippen LogP contribution in [-0.2, 0) is 14.4 Å². The standard InChI is InChI=1S/C25H25F2N3O3/c1-14-10-15(2)13-29(12-14)23-22(17-4-6-18(7-5-17)28-16(3)31)24(32)30(25(23)33)19-8-9-20(26)21(27)11-19/h4-9,11,14-15H,10,12-13H2,1-3H3,(H,28,31). The van der Waals surface area contributed by atoms with Crippen LogP contribution in [0.4, 0.5) is 20.2 Å². The summed E-state index contributed by atoms with van der Waals surface area (Å²) in [4.78, 5) is 41.2. The molecule has 2 unspecified atom stereocenters. The molecule has 0 radical (unpaired) electrons. The minimum Gasteiger partial charge on any atom is -0.366 e. The average molecular weight is 453 g/mol. The third-order valence-electron chi connectivity index (χ3n) is 5.90. The zero-order valence-corrected chi connectivity index (χ0v) is 18.7. The van der Waals surface area contributed by atoms with E-state index in [2.05, 4.69) is 19.2 Å². The number of hydrogen-bond acceptors (Lipinski definition) is 4. The molecule has 8 heteroatoms. The van der Waals surface area contributed by atoms with E-state index in [9.17, 15) is 23.2 Å². The number of hydrogen-bond donors (Lipinski definition) is 1. The number of halogens is 2. The molecular weight excluding hydrogens is 428 g/mol. The first-order chi connectivity index (χ1) is 15.7. The van der Waals surface area contributed by atoms with Crippen molar-refractivity contribution in [3.63, 3.8) is 0 Å². The van der Waals surface area contributed by atoms with E-state index in [4.69, 9.17) is 0 Å². The number of rotatable bonds is 4. The van der Waals surface area contributed by atoms with Crippen LogP contribution in [0.25, 0.3) is 5.57 Å². The number of imide groups is 1. The van der Waals surface area contributed by atoms with Gasteiger partial charge in [-0.3, -0.25) is 14.4 Å². The molecular formula is C25H25F2N3O3. The number of nitrogens with one attached hydrogen (secondary N) is 1. The van der Waals surface area contributed by atoms with Crippen molar-refractivity contribution in [3.05, 3.63) is 65.4 Å². The first-order valence-electron chi connectivity index (χ1n) is 10.9. The maximum atomic E-state index is 13.9. The molecule has 1 N–H and O–H groups in total. The van der Waals surface area contributed by atoms with Gasteiger partial charge in [-0.15, -0.1) is 0 Å². The average Bonchev–Trinajstić information content (AvgIpc) is 3.00. The van der Waals surface area contributed by atoms with Gasteiger partial charge >= 0.3 is 0 Å². The molecule has 2 aromatic rings. The number of piperidine rings is 1. The van der Waals surface area contributed by atoms with E-state index in [1.54, 1.807) is 24.3 Å². The van der Waals surface area contributed by atoms with Gasteiger partial charge < -0.3 is 10.2 Å². The predicted octanol–water partition coefficient (Wildman–Crippen LogP) is 4.19. The Hall–Kier alpha value is -3.55. The molecule has 2 heterocycles. The van der Waals surface area contributed by atoms with Crippen molar-refractivity contribution in [2.45, 2.75) is 27.2 Å². The normalized spacial score (nSPS) is 21.1. The van der Waals surface area contributed by atoms with E-state index in [1.807, 2.05) is 4.90 Å². The lowest BCUT2D eigenvalue weighted by Crippen LogP contribution is -2.42. The number of nitrogens with zero attached hydrogens (tertiary/aromatic N) is 2. The van der Waals surface area contributed by atoms with Crippen LogP contribution >= 0.6 is 0 Å². The van der Waals surface area contributed by atoms with E-state index in [1.165, 1.54) is 13.0 Å². The van der Waals surface area contributed by atoms with Crippen molar-refractivity contribution in [1.29, 1.82) is 0 Å². The Morgan fingerprint density at radius 3 is 2.15 bits per heavy atom. The first-order valence-corrected chi connectivity index (χ1v) is 10.9. The first kappa shape index (κ1) is 22.6. The maximum absolute atomic E-state index is 13.9. The number of likely N-dealkylation sites (tertiary alicyclic amines) is 1. The molecule has 1 saturated heterocycles. The van der Waals surface area contributed by atoms with Crippen molar-refractivity contribution >= 4 is 34.7 Å². The molecule has 0 aromatic heterocycles. The van der Waals surface area contributed by atoms with Crippen LogP contribution in [0.1, 0.15) is 32.8 Å². The molecule has 1 fully saturated rings. The highest BCUT2D eigenvalue weighted by atomic mass is 19.2. The largest absolute Gasteiger partial charge is 0.366 e. The van der Waals surface area contributed by atoms with Gasteiger partial charge in [0, 0.05) is 31.8 Å². The lowest BCUT2D eigenvalue weighted by Gasteiger charge is -2.37. The molecule has 6 nitrogen and oxygen atoms in total. The molecule has 4 rings (SSSR count). The number of anilines is 2. The zero-order valence-electron chi connectivity index (χ0n) is 18.7. The van der Waals surface area contributed by atoms with Gasteiger partial charge in [0.2, 0.25) is 5.91 Å². The fraction of sp³-hybridized carbons (Fsp3) is 0.320. The highest BCUT2D eigenvalue weighted by molar-refractivity contribution is 6.45. The Kier molecular flexibility index (Phi) is 6.01. The van der Waals surface area contributed by atoms with Crippen molar-refractivity contribution in [2.75, 3.05) is 23.3 Å². The molecule has 2 aliphatic rings. The highest BCUT2D eigenvalue weighted by Crippen LogP contribution is 2.37. The molecule has 3 amide bonds. The molecule has 172 valence electrons. The van der Waals surface area contributed by atoms with E-state index in [-0.39, 0.29) is 22.9 Å². The third kappa shape index (κ3) is 4.37. The maximum Gasteiger partial charge on any atom is 0.282 e. The number of carbonyl (C=O) groups excluding carboxylic acids is 3. The van der Waals surface area contributed by atoms with Gasteiger partial charge in [-0.1, -0.05) is 26.0 Å². The minimum absolute atomic E-state index is 0.0237. The van der Waals surface area contributed by atoms with E-state index in [0.717, 1.165) is 23.5 Å². The third-order valence-corrected chi connectivity index (χ3v) is 5.90. The molecule has 2 atom stereocenters. The van der Waals surface area contributed by atoms with E-state index in [0.29, 0.717) is 36.2 Å². The van der Waals surface area contributed by atoms with Crippen molar-refractivity contribution in [1.82, 2.24) is 4.90 Å². The van der Waals surface area contributed by atoms with Gasteiger partial charge in [0.05, 0.1) is 11.3 Å². The smallest absolute Gasteiger partial charge is 0.282 e. The summed E-state index contributed by atoms with van der Waals surface area (Å²) in [5.74, 6) is -2.93. The lowest BCUT2D eigenvalue weighted by atomic mass is 9.91. The summed E-state index contributed by atoms with van der Waals surface area (Å²) in [6, 6.07) is 9.61. The Morgan fingerprint density at radius 2 is 1.58 bits per heavy atom. The topological polar surface area (TPSA) is 69.7 Å². The van der Waals surface area contributed by atoms with Crippen LogP contribution in [-0.4, -0.2) is 35.7 Å². The van der Waals surface area contributed by atoms with Gasteiger partial charge in [-0.25, -0.2) is 13.7 Å². The lowest BCUT2D eigenvalue weighted by molar-refractivity contribution is -0.121. The van der Waals surface area contributed by atoms with Crippen LogP contribution in [0.2, 0.25) is 0 Å². The quantitative estimate of drug-likeness (QED) is 0.705. The Balaban J connectivity index is 1.80. The van der Waals surface area contributed by atoms with Crippen LogP contribution < -0.4 is 10.2 Å². The summed E-state index contributed by atoms with van der Waals surface area (Å²) in [6.07, 6.45) is 1.01. The van der Waals surface area contributed by atoms with Gasteiger partial charge in [0.1, 0.15) is 5.70 Å². The molecule has 2 aliphatic heterocycles.